The van der Waals surface area contributed by atoms with Crippen LogP contribution in [0.2, 0.25) is 0 Å². The van der Waals surface area contributed by atoms with E-state index in [2.05, 4.69) is 5.32 Å². The summed E-state index contributed by atoms with van der Waals surface area (Å²) in [5.41, 5.74) is 5.50. The third kappa shape index (κ3) is 4.60. The lowest BCUT2D eigenvalue weighted by atomic mass is 10.1. The van der Waals surface area contributed by atoms with Gasteiger partial charge in [0.1, 0.15) is 5.82 Å². The fraction of sp³-hybridized carbons (Fsp3) is 0.273. The van der Waals surface area contributed by atoms with Crippen molar-refractivity contribution in [2.24, 2.45) is 5.73 Å². The monoisotopic (exact) mass is 239 g/mol. The average Bonchev–Trinajstić information content (AvgIpc) is 2.25. The summed E-state index contributed by atoms with van der Waals surface area (Å²) in [5.74, 6) is -0.863. The lowest BCUT2D eigenvalue weighted by Gasteiger charge is -2.13. The lowest BCUT2D eigenvalue weighted by Crippen LogP contribution is -2.41. The topological polar surface area (TPSA) is 84.2 Å². The van der Waals surface area contributed by atoms with Crippen LogP contribution < -0.4 is 16.4 Å². The highest BCUT2D eigenvalue weighted by molar-refractivity contribution is 5.94. The Kier molecular flexibility index (Phi) is 4.59. The molecular formula is C11H14FN3O2. The smallest absolute Gasteiger partial charge is 0.318 e. The first kappa shape index (κ1) is 13.1. The minimum atomic E-state index is -0.893. The molecule has 0 saturated heterocycles. The van der Waals surface area contributed by atoms with Gasteiger partial charge in [0.05, 0.1) is 6.54 Å². The third-order valence-corrected chi connectivity index (χ3v) is 2.18. The summed E-state index contributed by atoms with van der Waals surface area (Å²) >= 11 is 0. The summed E-state index contributed by atoms with van der Waals surface area (Å²) in [6.07, 6.45) is 0. The van der Waals surface area contributed by atoms with E-state index in [4.69, 9.17) is 5.73 Å². The van der Waals surface area contributed by atoms with Gasteiger partial charge in [0.15, 0.2) is 0 Å². The molecule has 0 bridgehead atoms. The summed E-state index contributed by atoms with van der Waals surface area (Å²) in [6, 6.07) is 4.96. The highest BCUT2D eigenvalue weighted by Gasteiger charge is 2.09. The lowest BCUT2D eigenvalue weighted by molar-refractivity contribution is -0.119. The molecule has 1 aromatic carbocycles. The number of nitrogens with two attached hydrogens (primary N) is 1. The number of nitrogens with one attached hydrogen (secondary N) is 2. The van der Waals surface area contributed by atoms with Crippen LogP contribution in [0, 0.1) is 5.82 Å². The van der Waals surface area contributed by atoms with Gasteiger partial charge in [-0.15, -0.1) is 0 Å². The molecule has 0 fully saturated rings. The van der Waals surface area contributed by atoms with Gasteiger partial charge < -0.3 is 11.1 Å². The van der Waals surface area contributed by atoms with Crippen molar-refractivity contribution in [3.8, 4) is 0 Å². The molecule has 0 radical (unpaired) electrons. The fourth-order valence-electron chi connectivity index (χ4n) is 1.32. The molecule has 0 saturated carbocycles. The second kappa shape index (κ2) is 5.95. The number of halogens is 1. The molecule has 5 nitrogen and oxygen atoms in total. The molecule has 1 unspecified atom stereocenters. The number of hydrogen-bond donors (Lipinski definition) is 3. The third-order valence-electron chi connectivity index (χ3n) is 2.18. The van der Waals surface area contributed by atoms with Gasteiger partial charge in [0, 0.05) is 6.04 Å². The zero-order valence-corrected chi connectivity index (χ0v) is 9.37. The number of benzene rings is 1. The normalized spacial score (nSPS) is 11.9. The van der Waals surface area contributed by atoms with Crippen molar-refractivity contribution >= 4 is 11.9 Å². The number of imide groups is 1. The second-order valence-electron chi connectivity index (χ2n) is 3.57. The predicted molar refractivity (Wildman–Crippen MR) is 60.5 cm³/mol. The van der Waals surface area contributed by atoms with Gasteiger partial charge >= 0.3 is 6.03 Å². The number of primary amides is 1. The van der Waals surface area contributed by atoms with E-state index in [9.17, 15) is 14.0 Å². The van der Waals surface area contributed by atoms with Crippen LogP contribution in [0.4, 0.5) is 9.18 Å². The highest BCUT2D eigenvalue weighted by atomic mass is 19.1. The minimum Gasteiger partial charge on any atom is -0.351 e. The first-order valence-electron chi connectivity index (χ1n) is 5.07. The fourth-order valence-corrected chi connectivity index (χ4v) is 1.32. The Bertz CT molecular complexity index is 423. The summed E-state index contributed by atoms with van der Waals surface area (Å²) in [7, 11) is 0. The molecule has 0 aliphatic carbocycles. The Balaban J connectivity index is 2.47. The standard InChI is InChI=1S/C11H14FN3O2/c1-7(8-3-2-4-9(12)5-8)14-6-10(16)15-11(13)17/h2-5,7,14H,6H2,1H3,(H3,13,15,16,17). The van der Waals surface area contributed by atoms with Crippen molar-refractivity contribution in [1.29, 1.82) is 0 Å². The summed E-state index contributed by atoms with van der Waals surface area (Å²) in [6.45, 7) is 1.72. The molecule has 6 heteroatoms. The summed E-state index contributed by atoms with van der Waals surface area (Å²) < 4.78 is 12.9. The summed E-state index contributed by atoms with van der Waals surface area (Å²) in [5, 5.41) is 4.77. The molecule has 1 atom stereocenters. The molecule has 1 rings (SSSR count). The quantitative estimate of drug-likeness (QED) is 0.722. The molecule has 4 N–H and O–H groups in total. The molecule has 0 heterocycles. The van der Waals surface area contributed by atoms with Crippen LogP contribution in [0.5, 0.6) is 0 Å². The van der Waals surface area contributed by atoms with E-state index >= 15 is 0 Å². The van der Waals surface area contributed by atoms with E-state index in [0.717, 1.165) is 5.56 Å². The molecule has 92 valence electrons. The second-order valence-corrected chi connectivity index (χ2v) is 3.57. The zero-order valence-electron chi connectivity index (χ0n) is 9.37. The molecule has 17 heavy (non-hydrogen) atoms. The first-order chi connectivity index (χ1) is 7.99. The predicted octanol–water partition coefficient (Wildman–Crippen LogP) is 0.671. The van der Waals surface area contributed by atoms with Gasteiger partial charge in [-0.05, 0) is 24.6 Å². The Morgan fingerprint density at radius 1 is 1.47 bits per heavy atom. The Morgan fingerprint density at radius 2 is 2.18 bits per heavy atom. The van der Waals surface area contributed by atoms with Gasteiger partial charge in [-0.2, -0.15) is 0 Å². The number of rotatable bonds is 4. The van der Waals surface area contributed by atoms with Crippen molar-refractivity contribution in [3.63, 3.8) is 0 Å². The van der Waals surface area contributed by atoms with Crippen LogP contribution >= 0.6 is 0 Å². The maximum Gasteiger partial charge on any atom is 0.318 e. The molecule has 0 aromatic heterocycles. The largest absolute Gasteiger partial charge is 0.351 e. The van der Waals surface area contributed by atoms with Crippen molar-refractivity contribution in [2.45, 2.75) is 13.0 Å². The number of hydrogen-bond acceptors (Lipinski definition) is 3. The van der Waals surface area contributed by atoms with Crippen LogP contribution in [0.25, 0.3) is 0 Å². The molecular weight excluding hydrogens is 225 g/mol. The van der Waals surface area contributed by atoms with Crippen molar-refractivity contribution in [1.82, 2.24) is 10.6 Å². The molecule has 0 aliphatic heterocycles. The van der Waals surface area contributed by atoms with Crippen LogP contribution in [-0.4, -0.2) is 18.5 Å². The molecule has 0 aliphatic rings. The summed E-state index contributed by atoms with van der Waals surface area (Å²) in [4.78, 5) is 21.5. The van der Waals surface area contributed by atoms with Gasteiger partial charge in [-0.1, -0.05) is 12.1 Å². The number of amides is 3. The average molecular weight is 239 g/mol. The zero-order chi connectivity index (χ0) is 12.8. The van der Waals surface area contributed by atoms with Gasteiger partial charge in [-0.25, -0.2) is 9.18 Å². The molecule has 0 spiro atoms. The Labute approximate surface area is 98.2 Å². The van der Waals surface area contributed by atoms with E-state index in [-0.39, 0.29) is 18.4 Å². The highest BCUT2D eigenvalue weighted by Crippen LogP contribution is 2.12. The van der Waals surface area contributed by atoms with Crippen molar-refractivity contribution in [2.75, 3.05) is 6.54 Å². The van der Waals surface area contributed by atoms with Crippen LogP contribution in [-0.2, 0) is 4.79 Å². The Morgan fingerprint density at radius 3 is 2.76 bits per heavy atom. The molecule has 1 aromatic rings. The van der Waals surface area contributed by atoms with Crippen LogP contribution in [0.3, 0.4) is 0 Å². The van der Waals surface area contributed by atoms with Gasteiger partial charge in [-0.3, -0.25) is 10.1 Å². The number of urea groups is 1. The SMILES string of the molecule is CC(NCC(=O)NC(N)=O)c1cccc(F)c1. The van der Waals surface area contributed by atoms with E-state index in [1.807, 2.05) is 5.32 Å². The number of carbonyl (C=O) groups is 2. The van der Waals surface area contributed by atoms with E-state index < -0.39 is 11.9 Å². The number of carbonyl (C=O) groups excluding carboxylic acids is 2. The maximum absolute atomic E-state index is 12.9. The van der Waals surface area contributed by atoms with Crippen molar-refractivity contribution in [3.05, 3.63) is 35.6 Å². The maximum atomic E-state index is 12.9. The van der Waals surface area contributed by atoms with Crippen LogP contribution in [0.1, 0.15) is 18.5 Å². The van der Waals surface area contributed by atoms with Gasteiger partial charge in [0.25, 0.3) is 0 Å². The van der Waals surface area contributed by atoms with Crippen LogP contribution in [0.15, 0.2) is 24.3 Å². The molecule has 3 amide bonds. The van der Waals surface area contributed by atoms with E-state index in [0.29, 0.717) is 0 Å². The first-order valence-corrected chi connectivity index (χ1v) is 5.07. The van der Waals surface area contributed by atoms with E-state index in [1.54, 1.807) is 19.1 Å². The Hall–Kier alpha value is -1.95. The van der Waals surface area contributed by atoms with Crippen molar-refractivity contribution < 1.29 is 14.0 Å². The minimum absolute atomic E-state index is 0.0688. The van der Waals surface area contributed by atoms with Gasteiger partial charge in [0.2, 0.25) is 5.91 Å². The van der Waals surface area contributed by atoms with E-state index in [1.165, 1.54) is 12.1 Å².